The van der Waals surface area contributed by atoms with Gasteiger partial charge in [0.2, 0.25) is 0 Å². The number of ether oxygens (including phenoxy) is 2. The van der Waals surface area contributed by atoms with Gasteiger partial charge in [-0.05, 0) is 23.1 Å². The van der Waals surface area contributed by atoms with Crippen LogP contribution in [0.1, 0.15) is 32.4 Å². The third-order valence-electron chi connectivity index (χ3n) is 2.77. The van der Waals surface area contributed by atoms with Crippen LogP contribution in [-0.4, -0.2) is 14.2 Å². The smallest absolute Gasteiger partial charge is 0.161 e. The fourth-order valence-corrected chi connectivity index (χ4v) is 2.14. The van der Waals surface area contributed by atoms with Crippen molar-refractivity contribution in [3.05, 3.63) is 22.2 Å². The van der Waals surface area contributed by atoms with Crippen LogP contribution in [0.5, 0.6) is 11.5 Å². The van der Waals surface area contributed by atoms with Gasteiger partial charge in [-0.1, -0.05) is 36.7 Å². The Hall–Kier alpha value is -0.450. The van der Waals surface area contributed by atoms with Crippen molar-refractivity contribution in [1.82, 2.24) is 0 Å². The van der Waals surface area contributed by atoms with E-state index in [2.05, 4.69) is 36.7 Å². The quantitative estimate of drug-likeness (QED) is 0.908. The fourth-order valence-electron chi connectivity index (χ4n) is 1.57. The maximum absolute atomic E-state index is 6.26. The van der Waals surface area contributed by atoms with Crippen molar-refractivity contribution < 1.29 is 9.47 Å². The molecule has 1 atom stereocenters. The van der Waals surface area contributed by atoms with Gasteiger partial charge in [0.25, 0.3) is 0 Å². The molecule has 0 aliphatic heterocycles. The second kappa shape index (κ2) is 6.64. The SMILES string of the molecule is COc1cc(Br)c([C@@H](N)C(C)(C)C)cc1OC.Cl. The first-order chi connectivity index (χ1) is 7.81. The average Bonchev–Trinajstić information content (AvgIpc) is 2.26. The first kappa shape index (κ1) is 17.6. The zero-order chi connectivity index (χ0) is 13.2. The van der Waals surface area contributed by atoms with E-state index in [0.29, 0.717) is 11.5 Å². The monoisotopic (exact) mass is 337 g/mol. The van der Waals surface area contributed by atoms with Gasteiger partial charge in [0.1, 0.15) is 0 Å². The molecule has 5 heteroatoms. The van der Waals surface area contributed by atoms with Gasteiger partial charge in [-0.15, -0.1) is 12.4 Å². The van der Waals surface area contributed by atoms with Crippen LogP contribution in [0.2, 0.25) is 0 Å². The minimum absolute atomic E-state index is 0. The number of methoxy groups -OCH3 is 2. The topological polar surface area (TPSA) is 44.5 Å². The molecule has 104 valence electrons. The standard InChI is InChI=1S/C13H20BrNO2.ClH/c1-13(2,3)12(15)8-6-10(16-4)11(17-5)7-9(8)14;/h6-7,12H,15H2,1-5H3;1H/t12-;/m1./s1. The van der Waals surface area contributed by atoms with Gasteiger partial charge in [-0.2, -0.15) is 0 Å². The van der Waals surface area contributed by atoms with Crippen molar-refractivity contribution in [2.75, 3.05) is 14.2 Å². The molecule has 18 heavy (non-hydrogen) atoms. The molecule has 0 spiro atoms. The summed E-state index contributed by atoms with van der Waals surface area (Å²) in [6, 6.07) is 3.75. The van der Waals surface area contributed by atoms with Gasteiger partial charge < -0.3 is 15.2 Å². The molecule has 0 heterocycles. The number of hydrogen-bond acceptors (Lipinski definition) is 3. The van der Waals surface area contributed by atoms with Crippen LogP contribution in [0.25, 0.3) is 0 Å². The van der Waals surface area contributed by atoms with E-state index >= 15 is 0 Å². The number of rotatable bonds is 3. The van der Waals surface area contributed by atoms with E-state index in [-0.39, 0.29) is 23.9 Å². The Balaban J connectivity index is 0.00000289. The first-order valence-corrected chi connectivity index (χ1v) is 6.27. The largest absolute Gasteiger partial charge is 0.493 e. The Kier molecular flexibility index (Phi) is 6.47. The Morgan fingerprint density at radius 2 is 1.56 bits per heavy atom. The summed E-state index contributed by atoms with van der Waals surface area (Å²) < 4.78 is 11.5. The molecule has 1 aromatic rings. The molecule has 0 radical (unpaired) electrons. The van der Waals surface area contributed by atoms with E-state index in [1.807, 2.05) is 12.1 Å². The summed E-state index contributed by atoms with van der Waals surface area (Å²) in [5.74, 6) is 1.40. The Bertz CT molecular complexity index is 405. The second-order valence-corrected chi connectivity index (χ2v) is 5.93. The van der Waals surface area contributed by atoms with Crippen LogP contribution in [0.4, 0.5) is 0 Å². The predicted octanol–water partition coefficient (Wildman–Crippen LogP) is 3.93. The van der Waals surface area contributed by atoms with Gasteiger partial charge in [-0.25, -0.2) is 0 Å². The molecule has 2 N–H and O–H groups in total. The summed E-state index contributed by atoms with van der Waals surface area (Å²) >= 11 is 3.53. The minimum Gasteiger partial charge on any atom is -0.493 e. The van der Waals surface area contributed by atoms with Gasteiger partial charge in [0, 0.05) is 10.5 Å². The molecule has 0 aromatic heterocycles. The molecule has 0 aliphatic rings. The average molecular weight is 339 g/mol. The van der Waals surface area contributed by atoms with Crippen molar-refractivity contribution in [1.29, 1.82) is 0 Å². The lowest BCUT2D eigenvalue weighted by Crippen LogP contribution is -2.26. The number of hydrogen-bond donors (Lipinski definition) is 1. The third-order valence-corrected chi connectivity index (χ3v) is 3.46. The van der Waals surface area contributed by atoms with Crippen LogP contribution < -0.4 is 15.2 Å². The molecular formula is C13H21BrClNO2. The highest BCUT2D eigenvalue weighted by atomic mass is 79.9. The van der Waals surface area contributed by atoms with E-state index in [9.17, 15) is 0 Å². The molecule has 0 aliphatic carbocycles. The summed E-state index contributed by atoms with van der Waals surface area (Å²) in [6.45, 7) is 6.34. The Morgan fingerprint density at radius 1 is 1.11 bits per heavy atom. The number of benzene rings is 1. The van der Waals surface area contributed by atoms with Crippen molar-refractivity contribution in [3.63, 3.8) is 0 Å². The van der Waals surface area contributed by atoms with E-state index in [1.54, 1.807) is 14.2 Å². The maximum Gasteiger partial charge on any atom is 0.161 e. The molecule has 3 nitrogen and oxygen atoms in total. The highest BCUT2D eigenvalue weighted by Gasteiger charge is 2.25. The van der Waals surface area contributed by atoms with E-state index in [0.717, 1.165) is 10.0 Å². The Labute approximate surface area is 124 Å². The van der Waals surface area contributed by atoms with Gasteiger partial charge in [0.05, 0.1) is 14.2 Å². The predicted molar refractivity (Wildman–Crippen MR) is 80.9 cm³/mol. The molecule has 0 saturated carbocycles. The highest BCUT2D eigenvalue weighted by Crippen LogP contribution is 2.40. The third kappa shape index (κ3) is 3.77. The molecule has 0 amide bonds. The van der Waals surface area contributed by atoms with E-state index in [1.165, 1.54) is 0 Å². The van der Waals surface area contributed by atoms with Crippen molar-refractivity contribution in [2.24, 2.45) is 11.1 Å². The van der Waals surface area contributed by atoms with E-state index in [4.69, 9.17) is 15.2 Å². The molecular weight excluding hydrogens is 318 g/mol. The lowest BCUT2D eigenvalue weighted by molar-refractivity contribution is 0.321. The molecule has 1 aromatic carbocycles. The van der Waals surface area contributed by atoms with Gasteiger partial charge in [0.15, 0.2) is 11.5 Å². The van der Waals surface area contributed by atoms with Crippen molar-refractivity contribution in [2.45, 2.75) is 26.8 Å². The second-order valence-electron chi connectivity index (χ2n) is 5.07. The fraction of sp³-hybridized carbons (Fsp3) is 0.538. The molecule has 0 saturated heterocycles. The summed E-state index contributed by atoms with van der Waals surface area (Å²) in [6.07, 6.45) is 0. The van der Waals surface area contributed by atoms with Crippen LogP contribution in [0.15, 0.2) is 16.6 Å². The van der Waals surface area contributed by atoms with Crippen LogP contribution in [0, 0.1) is 5.41 Å². The summed E-state index contributed by atoms with van der Waals surface area (Å²) in [7, 11) is 3.24. The summed E-state index contributed by atoms with van der Waals surface area (Å²) in [5.41, 5.74) is 7.27. The minimum atomic E-state index is -0.0725. The van der Waals surface area contributed by atoms with Crippen LogP contribution in [0.3, 0.4) is 0 Å². The molecule has 0 unspecified atom stereocenters. The van der Waals surface area contributed by atoms with Crippen LogP contribution in [-0.2, 0) is 0 Å². The van der Waals surface area contributed by atoms with Crippen molar-refractivity contribution in [3.8, 4) is 11.5 Å². The molecule has 0 bridgehead atoms. The summed E-state index contributed by atoms with van der Waals surface area (Å²) in [5, 5.41) is 0. The van der Waals surface area contributed by atoms with Gasteiger partial charge in [-0.3, -0.25) is 0 Å². The van der Waals surface area contributed by atoms with Crippen molar-refractivity contribution >= 4 is 28.3 Å². The zero-order valence-corrected chi connectivity index (χ0v) is 13.8. The normalized spacial score (nSPS) is 12.6. The van der Waals surface area contributed by atoms with Gasteiger partial charge >= 0.3 is 0 Å². The van der Waals surface area contributed by atoms with E-state index < -0.39 is 0 Å². The molecule has 1 rings (SSSR count). The Morgan fingerprint density at radius 3 is 1.94 bits per heavy atom. The zero-order valence-electron chi connectivity index (χ0n) is 11.4. The number of halogens is 2. The first-order valence-electron chi connectivity index (χ1n) is 5.48. The maximum atomic E-state index is 6.26. The highest BCUT2D eigenvalue weighted by molar-refractivity contribution is 9.10. The molecule has 0 fully saturated rings. The number of nitrogens with two attached hydrogens (primary N) is 1. The lowest BCUT2D eigenvalue weighted by atomic mass is 9.83. The lowest BCUT2D eigenvalue weighted by Gasteiger charge is -2.28. The van der Waals surface area contributed by atoms with Crippen LogP contribution >= 0.6 is 28.3 Å². The summed E-state index contributed by atoms with van der Waals surface area (Å²) in [4.78, 5) is 0.